The lowest BCUT2D eigenvalue weighted by Crippen LogP contribution is -2.06. The highest BCUT2D eigenvalue weighted by Crippen LogP contribution is 2.19. The van der Waals surface area contributed by atoms with E-state index >= 15 is 0 Å². The minimum atomic E-state index is 0.440. The summed E-state index contributed by atoms with van der Waals surface area (Å²) in [6.45, 7) is 4.26. The Morgan fingerprint density at radius 1 is 1.50 bits per heavy atom. The molecule has 0 atom stereocenters. The molecule has 0 aliphatic carbocycles. The van der Waals surface area contributed by atoms with Crippen molar-refractivity contribution in [1.29, 1.82) is 5.26 Å². The molecular weight excluding hydrogens is 230 g/mol. The summed E-state index contributed by atoms with van der Waals surface area (Å²) in [4.78, 5) is 4.10. The van der Waals surface area contributed by atoms with Gasteiger partial charge in [-0.25, -0.2) is 4.98 Å². The first kappa shape index (κ1) is 11.9. The summed E-state index contributed by atoms with van der Waals surface area (Å²) >= 11 is 0. The van der Waals surface area contributed by atoms with Crippen LogP contribution < -0.4 is 11.1 Å². The van der Waals surface area contributed by atoms with Crippen LogP contribution in [0, 0.1) is 25.2 Å². The van der Waals surface area contributed by atoms with Gasteiger partial charge in [0, 0.05) is 18.3 Å². The third kappa shape index (κ3) is 2.25. The molecule has 0 unspecified atom stereocenters. The Balaban J connectivity index is 2.14. The van der Waals surface area contributed by atoms with Gasteiger partial charge in [0.15, 0.2) is 0 Å². The van der Waals surface area contributed by atoms with E-state index < -0.39 is 0 Å². The van der Waals surface area contributed by atoms with Gasteiger partial charge in [-0.2, -0.15) is 5.26 Å². The predicted octanol–water partition coefficient (Wildman–Crippen LogP) is 1.75. The first-order chi connectivity index (χ1) is 8.61. The number of aryl methyl sites for hydroxylation is 2. The summed E-state index contributed by atoms with van der Waals surface area (Å²) in [5, 5.41) is 15.7. The Morgan fingerprint density at radius 2 is 2.28 bits per heavy atom. The van der Waals surface area contributed by atoms with Crippen LogP contribution in [0.1, 0.15) is 22.6 Å². The van der Waals surface area contributed by atoms with Crippen molar-refractivity contribution >= 4 is 11.5 Å². The highest BCUT2D eigenvalue weighted by molar-refractivity contribution is 5.63. The van der Waals surface area contributed by atoms with Crippen molar-refractivity contribution in [3.8, 4) is 6.07 Å². The standard InChI is InChI=1S/C12H13N5O/c1-7-10(8(2)18-17-7)6-16-12-11(14)3-9(4-13)5-15-12/h3,5H,6,14H2,1-2H3,(H,15,16). The number of rotatable bonds is 3. The number of hydrogen-bond donors (Lipinski definition) is 2. The van der Waals surface area contributed by atoms with E-state index in [0.717, 1.165) is 17.0 Å². The second kappa shape index (κ2) is 4.75. The molecule has 6 heteroatoms. The molecule has 0 saturated heterocycles. The van der Waals surface area contributed by atoms with E-state index in [4.69, 9.17) is 15.5 Å². The van der Waals surface area contributed by atoms with Crippen LogP contribution in [-0.4, -0.2) is 10.1 Å². The zero-order valence-corrected chi connectivity index (χ0v) is 10.2. The molecule has 3 N–H and O–H groups in total. The summed E-state index contributed by atoms with van der Waals surface area (Å²) in [7, 11) is 0. The van der Waals surface area contributed by atoms with Gasteiger partial charge in [0.2, 0.25) is 0 Å². The fraction of sp³-hybridized carbons (Fsp3) is 0.250. The minimum Gasteiger partial charge on any atom is -0.396 e. The first-order valence-electron chi connectivity index (χ1n) is 5.43. The quantitative estimate of drug-likeness (QED) is 0.851. The van der Waals surface area contributed by atoms with E-state index in [1.165, 1.54) is 6.20 Å². The van der Waals surface area contributed by atoms with E-state index in [9.17, 15) is 0 Å². The number of nitrogens with zero attached hydrogens (tertiary/aromatic N) is 3. The summed E-state index contributed by atoms with van der Waals surface area (Å²) < 4.78 is 5.07. The molecule has 92 valence electrons. The van der Waals surface area contributed by atoms with Gasteiger partial charge in [0.25, 0.3) is 0 Å². The highest BCUT2D eigenvalue weighted by Gasteiger charge is 2.09. The molecule has 2 rings (SSSR count). The number of nitrogens with two attached hydrogens (primary N) is 1. The van der Waals surface area contributed by atoms with Crippen molar-refractivity contribution in [2.45, 2.75) is 20.4 Å². The Morgan fingerprint density at radius 3 is 2.83 bits per heavy atom. The molecule has 0 aromatic carbocycles. The van der Waals surface area contributed by atoms with Crippen LogP contribution in [0.15, 0.2) is 16.8 Å². The molecule has 0 aliphatic rings. The monoisotopic (exact) mass is 243 g/mol. The maximum atomic E-state index is 8.72. The summed E-state index contributed by atoms with van der Waals surface area (Å²) in [6, 6.07) is 3.57. The minimum absolute atomic E-state index is 0.440. The zero-order valence-electron chi connectivity index (χ0n) is 10.2. The summed E-state index contributed by atoms with van der Waals surface area (Å²) in [6.07, 6.45) is 1.48. The molecule has 18 heavy (non-hydrogen) atoms. The topological polar surface area (TPSA) is 101 Å². The molecule has 2 heterocycles. The van der Waals surface area contributed by atoms with E-state index in [1.807, 2.05) is 19.9 Å². The average Bonchev–Trinajstić information content (AvgIpc) is 2.68. The molecule has 0 bridgehead atoms. The molecule has 0 fully saturated rings. The van der Waals surface area contributed by atoms with Crippen molar-refractivity contribution in [3.63, 3.8) is 0 Å². The molecule has 2 aromatic heterocycles. The van der Waals surface area contributed by atoms with Gasteiger partial charge in [-0.15, -0.1) is 0 Å². The van der Waals surface area contributed by atoms with Crippen LogP contribution in [0.3, 0.4) is 0 Å². The largest absolute Gasteiger partial charge is 0.396 e. The Hall–Kier alpha value is -2.55. The van der Waals surface area contributed by atoms with E-state index in [0.29, 0.717) is 23.6 Å². The van der Waals surface area contributed by atoms with Crippen LogP contribution in [0.25, 0.3) is 0 Å². The fourth-order valence-electron chi connectivity index (χ4n) is 1.62. The number of pyridine rings is 1. The summed E-state index contributed by atoms with van der Waals surface area (Å²) in [5.74, 6) is 1.32. The van der Waals surface area contributed by atoms with Gasteiger partial charge in [0.05, 0.1) is 16.9 Å². The van der Waals surface area contributed by atoms with Crippen LogP contribution in [0.4, 0.5) is 11.5 Å². The molecule has 0 saturated carbocycles. The average molecular weight is 243 g/mol. The lowest BCUT2D eigenvalue weighted by atomic mass is 10.2. The van der Waals surface area contributed by atoms with Gasteiger partial charge in [0.1, 0.15) is 17.6 Å². The Kier molecular flexibility index (Phi) is 3.15. The summed E-state index contributed by atoms with van der Waals surface area (Å²) in [5.41, 5.74) is 8.51. The number of nitriles is 1. The maximum absolute atomic E-state index is 8.72. The number of hydrogen-bond acceptors (Lipinski definition) is 6. The third-order valence-corrected chi connectivity index (χ3v) is 2.66. The van der Waals surface area contributed by atoms with Crippen LogP contribution in [0.2, 0.25) is 0 Å². The van der Waals surface area contributed by atoms with E-state index in [-0.39, 0.29) is 0 Å². The van der Waals surface area contributed by atoms with Crippen LogP contribution in [0.5, 0.6) is 0 Å². The van der Waals surface area contributed by atoms with Crippen molar-refractivity contribution < 1.29 is 4.52 Å². The number of aromatic nitrogens is 2. The van der Waals surface area contributed by atoms with E-state index in [1.54, 1.807) is 6.07 Å². The number of anilines is 2. The maximum Gasteiger partial charge on any atom is 0.149 e. The second-order valence-corrected chi connectivity index (χ2v) is 3.93. The lowest BCUT2D eigenvalue weighted by molar-refractivity contribution is 0.392. The van der Waals surface area contributed by atoms with Crippen molar-refractivity contribution in [2.75, 3.05) is 11.1 Å². The predicted molar refractivity (Wildman–Crippen MR) is 66.7 cm³/mol. The van der Waals surface area contributed by atoms with Gasteiger partial charge < -0.3 is 15.6 Å². The van der Waals surface area contributed by atoms with Crippen molar-refractivity contribution in [3.05, 3.63) is 34.8 Å². The lowest BCUT2D eigenvalue weighted by Gasteiger charge is -2.07. The van der Waals surface area contributed by atoms with Gasteiger partial charge in [-0.1, -0.05) is 5.16 Å². The molecule has 6 nitrogen and oxygen atoms in total. The first-order valence-corrected chi connectivity index (χ1v) is 5.43. The number of nitrogens with one attached hydrogen (secondary N) is 1. The molecule has 0 spiro atoms. The highest BCUT2D eigenvalue weighted by atomic mass is 16.5. The second-order valence-electron chi connectivity index (χ2n) is 3.93. The molecule has 0 aliphatic heterocycles. The number of nitrogen functional groups attached to an aromatic ring is 1. The molecular formula is C12H13N5O. The van der Waals surface area contributed by atoms with E-state index in [2.05, 4.69) is 15.5 Å². The smallest absolute Gasteiger partial charge is 0.149 e. The molecule has 0 amide bonds. The van der Waals surface area contributed by atoms with Crippen molar-refractivity contribution in [1.82, 2.24) is 10.1 Å². The van der Waals surface area contributed by atoms with Crippen molar-refractivity contribution in [2.24, 2.45) is 0 Å². The SMILES string of the molecule is Cc1noc(C)c1CNc1ncc(C#N)cc1N. The van der Waals surface area contributed by atoms with Crippen LogP contribution in [-0.2, 0) is 6.54 Å². The van der Waals surface area contributed by atoms with Gasteiger partial charge >= 0.3 is 0 Å². The third-order valence-electron chi connectivity index (χ3n) is 2.66. The zero-order chi connectivity index (χ0) is 13.1. The Labute approximate surface area is 104 Å². The molecule has 0 radical (unpaired) electrons. The van der Waals surface area contributed by atoms with Gasteiger partial charge in [-0.05, 0) is 19.9 Å². The van der Waals surface area contributed by atoms with Gasteiger partial charge in [-0.3, -0.25) is 0 Å². The Bertz CT molecular complexity index is 592. The molecule has 2 aromatic rings. The normalized spacial score (nSPS) is 10.1. The van der Waals surface area contributed by atoms with Crippen LogP contribution >= 0.6 is 0 Å². The fourth-order valence-corrected chi connectivity index (χ4v) is 1.62.